The number of halogens is 1. The zero-order valence-corrected chi connectivity index (χ0v) is 19.1. The fraction of sp³-hybridized carbons (Fsp3) is 0.500. The van der Waals surface area contributed by atoms with Crippen LogP contribution in [0.15, 0.2) is 38.3 Å². The molecule has 0 unspecified atom stereocenters. The van der Waals surface area contributed by atoms with E-state index >= 15 is 0 Å². The van der Waals surface area contributed by atoms with Crippen LogP contribution in [0, 0.1) is 0 Å². The molecular weight excluding hydrogens is 450 g/mol. The highest BCUT2D eigenvalue weighted by molar-refractivity contribution is 7.99. The number of hydrogen-bond acceptors (Lipinski definition) is 8. The van der Waals surface area contributed by atoms with Crippen molar-refractivity contribution in [3.63, 3.8) is 0 Å². The topological polar surface area (TPSA) is 98.2 Å². The van der Waals surface area contributed by atoms with E-state index in [-0.39, 0.29) is 24.2 Å². The number of hydrogen-bond donors (Lipinski definition) is 0. The highest BCUT2D eigenvalue weighted by Crippen LogP contribution is 2.34. The van der Waals surface area contributed by atoms with Crippen LogP contribution in [-0.4, -0.2) is 43.0 Å². The van der Waals surface area contributed by atoms with Gasteiger partial charge in [-0.3, -0.25) is 4.79 Å². The number of thioether (sulfide) groups is 1. The van der Waals surface area contributed by atoms with Crippen molar-refractivity contribution < 1.29 is 13.6 Å². The van der Waals surface area contributed by atoms with Gasteiger partial charge in [0.1, 0.15) is 0 Å². The lowest BCUT2D eigenvalue weighted by Gasteiger charge is -2.20. The third-order valence-corrected chi connectivity index (χ3v) is 7.01. The van der Waals surface area contributed by atoms with Crippen molar-refractivity contribution in [1.82, 2.24) is 25.3 Å². The smallest absolute Gasteiger partial charge is 0.277 e. The molecule has 0 bridgehead atoms. The number of nitrogens with zero attached hydrogens (tertiary/aromatic N) is 5. The van der Waals surface area contributed by atoms with Crippen molar-refractivity contribution in [2.45, 2.75) is 68.7 Å². The molecule has 2 aliphatic rings. The van der Waals surface area contributed by atoms with Gasteiger partial charge in [0.2, 0.25) is 23.6 Å². The summed E-state index contributed by atoms with van der Waals surface area (Å²) >= 11 is 7.51. The molecule has 3 aromatic rings. The molecule has 0 radical (unpaired) electrons. The lowest BCUT2D eigenvalue weighted by Crippen LogP contribution is -2.34. The Balaban J connectivity index is 1.20. The Hall–Kier alpha value is -2.39. The molecule has 1 amide bonds. The summed E-state index contributed by atoms with van der Waals surface area (Å²) in [5, 5.41) is 17.6. The van der Waals surface area contributed by atoms with Crippen LogP contribution < -0.4 is 0 Å². The van der Waals surface area contributed by atoms with Gasteiger partial charge < -0.3 is 13.7 Å². The first-order chi connectivity index (χ1) is 15.7. The second-order valence-corrected chi connectivity index (χ2v) is 9.60. The Morgan fingerprint density at radius 2 is 1.84 bits per heavy atom. The maximum atomic E-state index is 12.9. The summed E-state index contributed by atoms with van der Waals surface area (Å²) in [6.45, 7) is 0.276. The van der Waals surface area contributed by atoms with Crippen LogP contribution in [0.4, 0.5) is 0 Å². The first-order valence-corrected chi connectivity index (χ1v) is 12.4. The Labute approximate surface area is 195 Å². The van der Waals surface area contributed by atoms with E-state index < -0.39 is 0 Å². The van der Waals surface area contributed by atoms with Gasteiger partial charge >= 0.3 is 0 Å². The van der Waals surface area contributed by atoms with Crippen molar-refractivity contribution in [3.05, 3.63) is 41.1 Å². The van der Waals surface area contributed by atoms with Gasteiger partial charge in [-0.2, -0.15) is 0 Å². The molecule has 0 atom stereocenters. The van der Waals surface area contributed by atoms with Crippen molar-refractivity contribution in [1.29, 1.82) is 0 Å². The summed E-state index contributed by atoms with van der Waals surface area (Å²) in [5.41, 5.74) is 0.679. The second kappa shape index (κ2) is 9.62. The maximum absolute atomic E-state index is 12.9. The molecule has 0 aliphatic heterocycles. The number of carbonyl (C=O) groups is 1. The predicted molar refractivity (Wildman–Crippen MR) is 119 cm³/mol. The van der Waals surface area contributed by atoms with Crippen molar-refractivity contribution in [2.75, 3.05) is 5.75 Å². The Bertz CT molecular complexity index is 1080. The molecule has 1 aromatic carbocycles. The molecule has 8 nitrogen and oxygen atoms in total. The van der Waals surface area contributed by atoms with Crippen LogP contribution in [0.3, 0.4) is 0 Å². The average Bonchev–Trinajstić information content (AvgIpc) is 3.36. The van der Waals surface area contributed by atoms with E-state index in [4.69, 9.17) is 20.4 Å². The monoisotopic (exact) mass is 473 g/mol. The molecule has 2 heterocycles. The van der Waals surface area contributed by atoms with E-state index in [0.717, 1.165) is 25.7 Å². The molecule has 5 rings (SSSR count). The zero-order chi connectivity index (χ0) is 21.9. The normalized spacial score (nSPS) is 16.9. The van der Waals surface area contributed by atoms with Gasteiger partial charge in [-0.15, -0.1) is 20.4 Å². The van der Waals surface area contributed by atoms with E-state index in [9.17, 15) is 4.79 Å². The first kappa shape index (κ1) is 21.5. The number of benzene rings is 1. The fourth-order valence-corrected chi connectivity index (χ4v) is 4.89. The van der Waals surface area contributed by atoms with Crippen LogP contribution in [0.2, 0.25) is 5.02 Å². The summed E-state index contributed by atoms with van der Waals surface area (Å²) in [6, 6.07) is 7.51. The van der Waals surface area contributed by atoms with Crippen molar-refractivity contribution in [2.24, 2.45) is 0 Å². The summed E-state index contributed by atoms with van der Waals surface area (Å²) in [4.78, 5) is 14.7. The first-order valence-electron chi connectivity index (χ1n) is 11.0. The highest BCUT2D eigenvalue weighted by Gasteiger charge is 2.34. The van der Waals surface area contributed by atoms with E-state index in [1.165, 1.54) is 31.0 Å². The minimum Gasteiger partial charge on any atom is -0.419 e. The predicted octanol–water partition coefficient (Wildman–Crippen LogP) is 5.10. The number of carbonyl (C=O) groups excluding carboxylic acids is 1. The molecule has 168 valence electrons. The highest BCUT2D eigenvalue weighted by atomic mass is 35.5. The number of aromatic nitrogens is 4. The Morgan fingerprint density at radius 1 is 1.03 bits per heavy atom. The summed E-state index contributed by atoms with van der Waals surface area (Å²) < 4.78 is 11.6. The standard InChI is InChI=1S/C22H24ClN5O3S/c23-17-9-5-4-8-16(17)21-26-24-18(30-21)12-28(15-10-11-15)19(29)13-32-22-27-25-20(31-22)14-6-2-1-3-7-14/h4-5,8-9,14-15H,1-3,6-7,10-13H2. The van der Waals surface area contributed by atoms with Gasteiger partial charge in [-0.1, -0.05) is 54.8 Å². The lowest BCUT2D eigenvalue weighted by atomic mass is 9.89. The van der Waals surface area contributed by atoms with Crippen LogP contribution in [0.1, 0.15) is 62.6 Å². The van der Waals surface area contributed by atoms with Gasteiger partial charge in [-0.25, -0.2) is 0 Å². The molecule has 2 aromatic heterocycles. The SMILES string of the molecule is O=C(CSc1nnc(C2CCCCC2)o1)N(Cc1nnc(-c2ccccc2Cl)o1)C1CC1. The lowest BCUT2D eigenvalue weighted by molar-refractivity contribution is -0.129. The third-order valence-electron chi connectivity index (χ3n) is 5.88. The molecule has 0 N–H and O–H groups in total. The van der Waals surface area contributed by atoms with E-state index in [2.05, 4.69) is 20.4 Å². The van der Waals surface area contributed by atoms with Crippen molar-refractivity contribution in [3.8, 4) is 11.5 Å². The largest absolute Gasteiger partial charge is 0.419 e. The summed E-state index contributed by atoms with van der Waals surface area (Å²) in [7, 11) is 0. The van der Waals surface area contributed by atoms with E-state index in [1.54, 1.807) is 11.0 Å². The minimum absolute atomic E-state index is 0.00703. The molecule has 10 heteroatoms. The molecule has 2 fully saturated rings. The second-order valence-electron chi connectivity index (χ2n) is 8.26. The molecule has 0 spiro atoms. The molecule has 0 saturated heterocycles. The quantitative estimate of drug-likeness (QED) is 0.416. The zero-order valence-electron chi connectivity index (χ0n) is 17.6. The van der Waals surface area contributed by atoms with Crippen molar-refractivity contribution >= 4 is 29.3 Å². The van der Waals surface area contributed by atoms with Crippen LogP contribution in [0.25, 0.3) is 11.5 Å². The Kier molecular flexibility index (Phi) is 6.45. The molecule has 2 aliphatic carbocycles. The van der Waals surface area contributed by atoms with Gasteiger partial charge in [0, 0.05) is 12.0 Å². The van der Waals surface area contributed by atoms with Crippen LogP contribution in [-0.2, 0) is 11.3 Å². The van der Waals surface area contributed by atoms with Crippen LogP contribution in [0.5, 0.6) is 0 Å². The molecule has 2 saturated carbocycles. The Morgan fingerprint density at radius 3 is 2.62 bits per heavy atom. The number of rotatable bonds is 8. The average molecular weight is 474 g/mol. The van der Waals surface area contributed by atoms with Gasteiger partial charge in [0.25, 0.3) is 5.22 Å². The minimum atomic E-state index is -0.00703. The molecule has 32 heavy (non-hydrogen) atoms. The maximum Gasteiger partial charge on any atom is 0.277 e. The van der Waals surface area contributed by atoms with Crippen LogP contribution >= 0.6 is 23.4 Å². The fourth-order valence-electron chi connectivity index (χ4n) is 4.01. The van der Waals surface area contributed by atoms with E-state index in [1.807, 2.05) is 18.2 Å². The summed E-state index contributed by atoms with van der Waals surface area (Å²) in [5.74, 6) is 2.03. The number of amides is 1. The van der Waals surface area contributed by atoms with E-state index in [0.29, 0.717) is 39.4 Å². The third kappa shape index (κ3) is 4.99. The van der Waals surface area contributed by atoms with Gasteiger partial charge in [0.05, 0.1) is 22.9 Å². The molecular formula is C22H24ClN5O3S. The van der Waals surface area contributed by atoms with Gasteiger partial charge in [-0.05, 0) is 37.8 Å². The van der Waals surface area contributed by atoms with Gasteiger partial charge in [0.15, 0.2) is 0 Å². The summed E-state index contributed by atoms with van der Waals surface area (Å²) in [6.07, 6.45) is 7.85.